The minimum atomic E-state index is -0.508. The van der Waals surface area contributed by atoms with Gasteiger partial charge in [0.05, 0.1) is 7.11 Å². The van der Waals surface area contributed by atoms with Gasteiger partial charge < -0.3 is 19.5 Å². The van der Waals surface area contributed by atoms with E-state index in [2.05, 4.69) is 41.0 Å². The second-order valence-corrected chi connectivity index (χ2v) is 6.77. The van der Waals surface area contributed by atoms with Crippen LogP contribution < -0.4 is 14.4 Å². The minimum Gasteiger partial charge on any atom is -0.497 e. The lowest BCUT2D eigenvalue weighted by molar-refractivity contribution is 0.0662. The third kappa shape index (κ3) is 5.13. The molecule has 1 atom stereocenters. The smallest absolute Gasteiger partial charge is 0.123 e. The fourth-order valence-corrected chi connectivity index (χ4v) is 3.25. The lowest BCUT2D eigenvalue weighted by Gasteiger charge is -2.37. The molecule has 0 saturated carbocycles. The predicted molar refractivity (Wildman–Crippen MR) is 104 cm³/mol. The Labute approximate surface area is 155 Å². The summed E-state index contributed by atoms with van der Waals surface area (Å²) in [4.78, 5) is 4.70. The van der Waals surface area contributed by atoms with Crippen LogP contribution in [0.2, 0.25) is 0 Å². The Hall–Kier alpha value is -2.24. The summed E-state index contributed by atoms with van der Waals surface area (Å²) in [5, 5.41) is 10.3. The van der Waals surface area contributed by atoms with E-state index in [1.807, 2.05) is 24.3 Å². The molecule has 1 heterocycles. The zero-order valence-electron chi connectivity index (χ0n) is 15.6. The number of hydrogen-bond donors (Lipinski definition) is 1. The first-order valence-electron chi connectivity index (χ1n) is 9.13. The van der Waals surface area contributed by atoms with Crippen molar-refractivity contribution >= 4 is 5.69 Å². The molecule has 1 aliphatic heterocycles. The topological polar surface area (TPSA) is 45.2 Å². The molecule has 0 spiro atoms. The second kappa shape index (κ2) is 8.92. The molecular weight excluding hydrogens is 328 g/mol. The number of ether oxygens (including phenoxy) is 2. The van der Waals surface area contributed by atoms with E-state index >= 15 is 0 Å². The number of hydrogen-bond acceptors (Lipinski definition) is 5. The van der Waals surface area contributed by atoms with Crippen LogP contribution in [0.15, 0.2) is 48.5 Å². The summed E-state index contributed by atoms with van der Waals surface area (Å²) in [5.74, 6) is 1.47. The van der Waals surface area contributed by atoms with Crippen LogP contribution in [0.5, 0.6) is 11.5 Å². The molecule has 1 saturated heterocycles. The number of methoxy groups -OCH3 is 1. The third-order valence-electron chi connectivity index (χ3n) is 4.69. The number of benzene rings is 2. The number of anilines is 1. The fourth-order valence-electron chi connectivity index (χ4n) is 3.25. The van der Waals surface area contributed by atoms with Crippen LogP contribution >= 0.6 is 0 Å². The molecule has 1 aliphatic rings. The highest BCUT2D eigenvalue weighted by atomic mass is 16.5. The lowest BCUT2D eigenvalue weighted by atomic mass is 10.2. The van der Waals surface area contributed by atoms with Crippen LogP contribution in [0, 0.1) is 6.92 Å². The Morgan fingerprint density at radius 1 is 1.00 bits per heavy atom. The van der Waals surface area contributed by atoms with Crippen LogP contribution in [0.3, 0.4) is 0 Å². The molecule has 1 fully saturated rings. The van der Waals surface area contributed by atoms with Gasteiger partial charge in [0.2, 0.25) is 0 Å². The van der Waals surface area contributed by atoms with E-state index in [9.17, 15) is 5.11 Å². The molecule has 0 bridgehead atoms. The number of piperazine rings is 1. The van der Waals surface area contributed by atoms with Gasteiger partial charge in [0, 0.05) is 44.5 Å². The maximum Gasteiger partial charge on any atom is 0.123 e. The lowest BCUT2D eigenvalue weighted by Crippen LogP contribution is -2.49. The molecule has 0 radical (unpaired) electrons. The van der Waals surface area contributed by atoms with Crippen LogP contribution in [-0.4, -0.2) is 62.6 Å². The first-order valence-corrected chi connectivity index (χ1v) is 9.13. The monoisotopic (exact) mass is 356 g/mol. The molecule has 0 amide bonds. The summed E-state index contributed by atoms with van der Waals surface area (Å²) < 4.78 is 10.9. The van der Waals surface area contributed by atoms with Gasteiger partial charge in [-0.3, -0.25) is 4.90 Å². The van der Waals surface area contributed by atoms with Gasteiger partial charge in [-0.15, -0.1) is 0 Å². The van der Waals surface area contributed by atoms with E-state index in [0.29, 0.717) is 12.3 Å². The summed E-state index contributed by atoms with van der Waals surface area (Å²) in [6, 6.07) is 16.1. The molecular formula is C21H28N2O3. The minimum absolute atomic E-state index is 0.283. The van der Waals surface area contributed by atoms with Gasteiger partial charge in [0.15, 0.2) is 0 Å². The van der Waals surface area contributed by atoms with E-state index in [4.69, 9.17) is 9.47 Å². The van der Waals surface area contributed by atoms with Crippen molar-refractivity contribution in [1.29, 1.82) is 0 Å². The summed E-state index contributed by atoms with van der Waals surface area (Å²) >= 11 is 0. The highest BCUT2D eigenvalue weighted by molar-refractivity contribution is 5.48. The Kier molecular flexibility index (Phi) is 6.36. The molecule has 0 aliphatic carbocycles. The van der Waals surface area contributed by atoms with Gasteiger partial charge in [0.1, 0.15) is 24.2 Å². The van der Waals surface area contributed by atoms with Crippen molar-refractivity contribution < 1.29 is 14.6 Å². The van der Waals surface area contributed by atoms with E-state index in [-0.39, 0.29) is 6.61 Å². The average Bonchev–Trinajstić information content (AvgIpc) is 2.67. The van der Waals surface area contributed by atoms with Gasteiger partial charge >= 0.3 is 0 Å². The molecule has 5 nitrogen and oxygen atoms in total. The summed E-state index contributed by atoms with van der Waals surface area (Å²) in [6.07, 6.45) is -0.508. The average molecular weight is 356 g/mol. The Morgan fingerprint density at radius 3 is 2.46 bits per heavy atom. The van der Waals surface area contributed by atoms with Crippen molar-refractivity contribution in [3.05, 3.63) is 54.1 Å². The van der Waals surface area contributed by atoms with Crippen molar-refractivity contribution in [2.45, 2.75) is 13.0 Å². The fraction of sp³-hybridized carbons (Fsp3) is 0.429. The zero-order chi connectivity index (χ0) is 18.4. The number of aryl methyl sites for hydroxylation is 1. The van der Waals surface area contributed by atoms with Crippen molar-refractivity contribution in [3.63, 3.8) is 0 Å². The van der Waals surface area contributed by atoms with E-state index in [0.717, 1.165) is 31.9 Å². The summed E-state index contributed by atoms with van der Waals surface area (Å²) in [7, 11) is 1.63. The van der Waals surface area contributed by atoms with Crippen LogP contribution in [0.4, 0.5) is 5.69 Å². The second-order valence-electron chi connectivity index (χ2n) is 6.77. The molecule has 26 heavy (non-hydrogen) atoms. The third-order valence-corrected chi connectivity index (χ3v) is 4.69. The highest BCUT2D eigenvalue weighted by Crippen LogP contribution is 2.20. The molecule has 0 aromatic heterocycles. The highest BCUT2D eigenvalue weighted by Gasteiger charge is 2.19. The summed E-state index contributed by atoms with van der Waals surface area (Å²) in [5.41, 5.74) is 2.57. The number of β-amino-alcohol motifs (C(OH)–C–C–N with tert-alkyl or cyclic N) is 1. The molecule has 2 aromatic carbocycles. The van der Waals surface area contributed by atoms with Crippen molar-refractivity contribution in [2.24, 2.45) is 0 Å². The van der Waals surface area contributed by atoms with E-state index in [1.54, 1.807) is 7.11 Å². The largest absolute Gasteiger partial charge is 0.497 e. The maximum atomic E-state index is 10.3. The Balaban J connectivity index is 1.42. The van der Waals surface area contributed by atoms with Crippen molar-refractivity contribution in [2.75, 3.05) is 51.3 Å². The Morgan fingerprint density at radius 2 is 1.73 bits per heavy atom. The van der Waals surface area contributed by atoms with Gasteiger partial charge in [-0.2, -0.15) is 0 Å². The van der Waals surface area contributed by atoms with Crippen LogP contribution in [0.25, 0.3) is 0 Å². The number of aliphatic hydroxyl groups is 1. The number of aliphatic hydroxyl groups excluding tert-OH is 1. The normalized spacial score (nSPS) is 16.3. The Bertz CT molecular complexity index is 699. The van der Waals surface area contributed by atoms with Crippen LogP contribution in [-0.2, 0) is 0 Å². The van der Waals surface area contributed by atoms with Gasteiger partial charge in [0.25, 0.3) is 0 Å². The van der Waals surface area contributed by atoms with Gasteiger partial charge in [-0.25, -0.2) is 0 Å². The molecule has 3 rings (SSSR count). The van der Waals surface area contributed by atoms with Crippen LogP contribution in [0.1, 0.15) is 5.56 Å². The molecule has 140 valence electrons. The standard InChI is InChI=1S/C21H28N2O3/c1-17-5-3-6-18(13-17)23-11-9-22(10-12-23)15-19(24)16-26-21-8-4-7-20(14-21)25-2/h3-8,13-14,19,24H,9-12,15-16H2,1-2H3/t19-/m1/s1. The first kappa shape index (κ1) is 18.5. The molecule has 1 N–H and O–H groups in total. The molecule has 5 heteroatoms. The van der Waals surface area contributed by atoms with Crippen molar-refractivity contribution in [3.8, 4) is 11.5 Å². The maximum absolute atomic E-state index is 10.3. The molecule has 2 aromatic rings. The van der Waals surface area contributed by atoms with E-state index < -0.39 is 6.10 Å². The summed E-state index contributed by atoms with van der Waals surface area (Å²) in [6.45, 7) is 6.89. The van der Waals surface area contributed by atoms with E-state index in [1.165, 1.54) is 11.3 Å². The molecule has 0 unspecified atom stereocenters. The number of nitrogens with zero attached hydrogens (tertiary/aromatic N) is 2. The zero-order valence-corrected chi connectivity index (χ0v) is 15.6. The predicted octanol–water partition coefficient (Wildman–Crippen LogP) is 2.57. The van der Waals surface area contributed by atoms with Gasteiger partial charge in [-0.1, -0.05) is 18.2 Å². The SMILES string of the molecule is COc1cccc(OC[C@H](O)CN2CCN(c3cccc(C)c3)CC2)c1. The first-order chi connectivity index (χ1) is 12.6. The quantitative estimate of drug-likeness (QED) is 0.826. The number of rotatable bonds is 7. The van der Waals surface area contributed by atoms with Gasteiger partial charge in [-0.05, 0) is 36.8 Å². The van der Waals surface area contributed by atoms with Crippen molar-refractivity contribution in [1.82, 2.24) is 4.90 Å².